The second kappa shape index (κ2) is 6.39. The van der Waals surface area contributed by atoms with Crippen LogP contribution >= 0.6 is 15.9 Å². The van der Waals surface area contributed by atoms with Crippen LogP contribution in [-0.2, 0) is 4.79 Å². The lowest BCUT2D eigenvalue weighted by Crippen LogP contribution is -2.13. The van der Waals surface area contributed by atoms with Gasteiger partial charge in [0.25, 0.3) is 5.69 Å². The number of alkyl halides is 1. The van der Waals surface area contributed by atoms with Crippen molar-refractivity contribution in [2.24, 2.45) is 0 Å². The summed E-state index contributed by atoms with van der Waals surface area (Å²) in [6.45, 7) is 0. The van der Waals surface area contributed by atoms with Gasteiger partial charge in [0.1, 0.15) is 0 Å². The molecular formula is C11H10BrNO6. The van der Waals surface area contributed by atoms with Gasteiger partial charge in [-0.05, 0) is 12.1 Å². The normalized spacial score (nSPS) is 11.9. The zero-order valence-corrected chi connectivity index (χ0v) is 11.2. The van der Waals surface area contributed by atoms with Gasteiger partial charge in [0.15, 0.2) is 11.9 Å². The van der Waals surface area contributed by atoms with E-state index in [-0.39, 0.29) is 17.8 Å². The van der Waals surface area contributed by atoms with Gasteiger partial charge in [0.2, 0.25) is 0 Å². The monoisotopic (exact) mass is 331 g/mol. The van der Waals surface area contributed by atoms with Gasteiger partial charge in [-0.3, -0.25) is 14.9 Å². The molecule has 0 spiro atoms. The standard InChI is InChI=1S/C11H10BrNO6/c12-4-3-9(14)6-1-2-8(13(18)19)7(5-6)10(15)11(16)17/h1-2,5,10,15H,3-4H2,(H,16,17). The number of aliphatic hydroxyl groups is 1. The first-order valence-electron chi connectivity index (χ1n) is 5.17. The number of carboxylic acids is 1. The number of aliphatic hydroxyl groups excluding tert-OH is 1. The highest BCUT2D eigenvalue weighted by Crippen LogP contribution is 2.27. The fourth-order valence-corrected chi connectivity index (χ4v) is 1.84. The minimum absolute atomic E-state index is 0.125. The summed E-state index contributed by atoms with van der Waals surface area (Å²) >= 11 is 3.08. The summed E-state index contributed by atoms with van der Waals surface area (Å²) in [5.41, 5.74) is -0.816. The number of Topliss-reactive ketones (excluding diaryl/α,β-unsaturated/α-hetero) is 1. The zero-order valence-electron chi connectivity index (χ0n) is 9.58. The van der Waals surface area contributed by atoms with Crippen molar-refractivity contribution in [2.75, 3.05) is 5.33 Å². The first-order chi connectivity index (χ1) is 8.88. The molecule has 2 N–H and O–H groups in total. The number of hydrogen-bond acceptors (Lipinski definition) is 5. The van der Waals surface area contributed by atoms with Crippen molar-refractivity contribution in [3.05, 3.63) is 39.4 Å². The number of ketones is 1. The number of nitro benzene ring substituents is 1. The Hall–Kier alpha value is -1.80. The van der Waals surface area contributed by atoms with Crippen LogP contribution in [0.4, 0.5) is 5.69 Å². The molecule has 0 aliphatic carbocycles. The smallest absolute Gasteiger partial charge is 0.337 e. The number of hydrogen-bond donors (Lipinski definition) is 2. The molecule has 8 heteroatoms. The molecule has 0 saturated carbocycles. The van der Waals surface area contributed by atoms with Gasteiger partial charge < -0.3 is 10.2 Å². The average molecular weight is 332 g/mol. The lowest BCUT2D eigenvalue weighted by molar-refractivity contribution is -0.386. The van der Waals surface area contributed by atoms with Crippen molar-refractivity contribution in [1.82, 2.24) is 0 Å². The Morgan fingerprint density at radius 1 is 1.42 bits per heavy atom. The van der Waals surface area contributed by atoms with Crippen molar-refractivity contribution < 1.29 is 24.7 Å². The quantitative estimate of drug-likeness (QED) is 0.354. The number of carbonyl (C=O) groups is 2. The van der Waals surface area contributed by atoms with Crippen LogP contribution in [0.3, 0.4) is 0 Å². The molecule has 102 valence electrons. The van der Waals surface area contributed by atoms with Gasteiger partial charge in [-0.15, -0.1) is 0 Å². The van der Waals surface area contributed by atoms with Crippen molar-refractivity contribution in [2.45, 2.75) is 12.5 Å². The molecule has 0 heterocycles. The SMILES string of the molecule is O=C(CCBr)c1ccc([N+](=O)[O-])c(C(O)C(=O)O)c1. The van der Waals surface area contributed by atoms with Crippen molar-refractivity contribution in [1.29, 1.82) is 0 Å². The summed E-state index contributed by atoms with van der Waals surface area (Å²) < 4.78 is 0. The first-order valence-corrected chi connectivity index (χ1v) is 6.29. The number of carbonyl (C=O) groups excluding carboxylic acids is 1. The molecule has 0 fully saturated rings. The molecule has 1 aromatic carbocycles. The lowest BCUT2D eigenvalue weighted by atomic mass is 10.0. The van der Waals surface area contributed by atoms with E-state index in [1.807, 2.05) is 0 Å². The van der Waals surface area contributed by atoms with Gasteiger partial charge in [-0.2, -0.15) is 0 Å². The number of carboxylic acid groups (broad SMARTS) is 1. The molecule has 0 aliphatic heterocycles. The molecule has 0 aromatic heterocycles. The number of nitrogens with zero attached hydrogens (tertiary/aromatic N) is 1. The maximum absolute atomic E-state index is 11.6. The Balaban J connectivity index is 3.29. The summed E-state index contributed by atoms with van der Waals surface area (Å²) in [6, 6.07) is 3.30. The van der Waals surface area contributed by atoms with Crippen LogP contribution in [0.5, 0.6) is 0 Å². The molecular weight excluding hydrogens is 322 g/mol. The molecule has 0 aliphatic rings. The predicted octanol–water partition coefficient (Wildman–Crippen LogP) is 1.68. The molecule has 0 radical (unpaired) electrons. The largest absolute Gasteiger partial charge is 0.479 e. The third-order valence-electron chi connectivity index (χ3n) is 2.40. The summed E-state index contributed by atoms with van der Waals surface area (Å²) in [7, 11) is 0. The Morgan fingerprint density at radius 2 is 2.05 bits per heavy atom. The Morgan fingerprint density at radius 3 is 2.53 bits per heavy atom. The van der Waals surface area contributed by atoms with E-state index in [1.165, 1.54) is 6.07 Å². The second-order valence-electron chi connectivity index (χ2n) is 3.63. The van der Waals surface area contributed by atoms with Gasteiger partial charge in [0.05, 0.1) is 10.5 Å². The summed E-state index contributed by atoms with van der Waals surface area (Å²) in [5.74, 6) is -1.92. The van der Waals surface area contributed by atoms with Crippen LogP contribution in [0.1, 0.15) is 28.4 Å². The molecule has 1 aromatic rings. The summed E-state index contributed by atoms with van der Waals surface area (Å²) in [6.07, 6.45) is -1.88. The van der Waals surface area contributed by atoms with Crippen LogP contribution in [0, 0.1) is 10.1 Å². The molecule has 7 nitrogen and oxygen atoms in total. The molecule has 0 amide bonds. The zero-order chi connectivity index (χ0) is 14.6. The molecule has 1 unspecified atom stereocenters. The van der Waals surface area contributed by atoms with Gasteiger partial charge in [0, 0.05) is 23.4 Å². The maximum atomic E-state index is 11.6. The highest BCUT2D eigenvalue weighted by atomic mass is 79.9. The predicted molar refractivity (Wildman–Crippen MR) is 68.4 cm³/mol. The number of rotatable bonds is 6. The van der Waals surface area contributed by atoms with Gasteiger partial charge in [-0.25, -0.2) is 4.79 Å². The third kappa shape index (κ3) is 3.58. The minimum atomic E-state index is -2.04. The van der Waals surface area contributed by atoms with E-state index in [0.29, 0.717) is 5.33 Å². The number of halogens is 1. The third-order valence-corrected chi connectivity index (χ3v) is 2.79. The van der Waals surface area contributed by atoms with Gasteiger partial charge >= 0.3 is 5.97 Å². The average Bonchev–Trinajstić information content (AvgIpc) is 2.37. The lowest BCUT2D eigenvalue weighted by Gasteiger charge is -2.08. The molecule has 1 atom stereocenters. The van der Waals surface area contributed by atoms with Gasteiger partial charge in [-0.1, -0.05) is 15.9 Å². The van der Waals surface area contributed by atoms with Crippen LogP contribution < -0.4 is 0 Å². The van der Waals surface area contributed by atoms with Crippen molar-refractivity contribution in [3.63, 3.8) is 0 Å². The highest BCUT2D eigenvalue weighted by Gasteiger charge is 2.26. The minimum Gasteiger partial charge on any atom is -0.479 e. The van der Waals surface area contributed by atoms with E-state index in [1.54, 1.807) is 0 Å². The Bertz CT molecular complexity index is 530. The Kier molecular flexibility index (Phi) is 5.13. The fourth-order valence-electron chi connectivity index (χ4n) is 1.48. The molecule has 0 bridgehead atoms. The fraction of sp³-hybridized carbons (Fsp3) is 0.273. The van der Waals surface area contributed by atoms with Crippen LogP contribution in [0.15, 0.2) is 18.2 Å². The number of benzene rings is 1. The van der Waals surface area contributed by atoms with E-state index in [9.17, 15) is 24.8 Å². The van der Waals surface area contributed by atoms with E-state index >= 15 is 0 Å². The summed E-state index contributed by atoms with van der Waals surface area (Å²) in [5, 5.41) is 29.3. The van der Waals surface area contributed by atoms with E-state index in [4.69, 9.17) is 5.11 Å². The van der Waals surface area contributed by atoms with Crippen LogP contribution in [-0.4, -0.2) is 32.2 Å². The van der Waals surface area contributed by atoms with Crippen molar-refractivity contribution in [3.8, 4) is 0 Å². The summed E-state index contributed by atoms with van der Waals surface area (Å²) in [4.78, 5) is 32.3. The van der Waals surface area contributed by atoms with E-state index < -0.39 is 28.2 Å². The maximum Gasteiger partial charge on any atom is 0.337 e. The Labute approximate surface area is 116 Å². The number of nitro groups is 1. The number of aliphatic carboxylic acids is 1. The molecule has 0 saturated heterocycles. The van der Waals surface area contributed by atoms with E-state index in [2.05, 4.69) is 15.9 Å². The highest BCUT2D eigenvalue weighted by molar-refractivity contribution is 9.09. The van der Waals surface area contributed by atoms with E-state index in [0.717, 1.165) is 12.1 Å². The van der Waals surface area contributed by atoms with Crippen LogP contribution in [0.25, 0.3) is 0 Å². The molecule has 19 heavy (non-hydrogen) atoms. The van der Waals surface area contributed by atoms with Crippen LogP contribution in [0.2, 0.25) is 0 Å². The topological polar surface area (TPSA) is 118 Å². The first kappa shape index (κ1) is 15.3. The van der Waals surface area contributed by atoms with Crippen molar-refractivity contribution >= 4 is 33.4 Å². The second-order valence-corrected chi connectivity index (χ2v) is 4.43. The molecule has 1 rings (SSSR count).